The van der Waals surface area contributed by atoms with E-state index in [2.05, 4.69) is 26.6 Å². The molecule has 2 saturated heterocycles. The summed E-state index contributed by atoms with van der Waals surface area (Å²) < 4.78 is 52.0. The Hall–Kier alpha value is -9.88. The fourth-order valence-corrected chi connectivity index (χ4v) is 16.5. The van der Waals surface area contributed by atoms with Crippen LogP contribution in [0.1, 0.15) is 130 Å². The molecule has 11 bridgehead atoms. The Kier molecular flexibility index (Phi) is 27.7. The molecule has 0 saturated carbocycles. The molecule has 18 atom stereocenters. The molecule has 9 unspecified atom stereocenters. The van der Waals surface area contributed by atoms with Crippen LogP contribution in [0, 0.1) is 17.3 Å². The number of carbonyl (C=O) groups is 8. The summed E-state index contributed by atoms with van der Waals surface area (Å²) in [5.74, 6) is -18.8. The highest BCUT2D eigenvalue weighted by molar-refractivity contribution is 7.51. The molecule has 7 heterocycles. The number of aromatic hydroxyl groups is 3. The lowest BCUT2D eigenvalue weighted by Gasteiger charge is -2.48. The van der Waals surface area contributed by atoms with Crippen molar-refractivity contribution in [2.24, 2.45) is 23.0 Å². The number of nitrogens with one attached hydrogen (secondary N) is 6. The van der Waals surface area contributed by atoms with Crippen LogP contribution in [-0.2, 0) is 63.6 Å². The molecule has 0 aromatic heterocycles. The second-order valence-electron chi connectivity index (χ2n) is 31.2. The molecule has 7 aliphatic heterocycles. The van der Waals surface area contributed by atoms with Gasteiger partial charge >= 0.3 is 7.60 Å². The number of ether oxygens (including phenoxy) is 6. The summed E-state index contributed by atoms with van der Waals surface area (Å²) in [7, 11) is -3.62. The molecular formula is C83H91Cl3N7O26P. The van der Waals surface area contributed by atoms with Gasteiger partial charge in [0.15, 0.2) is 35.5 Å². The molecule has 33 nitrogen and oxygen atoms in total. The molecule has 14 rings (SSSR count). The summed E-state index contributed by atoms with van der Waals surface area (Å²) >= 11 is 20.5. The minimum absolute atomic E-state index is 0.0672. The second-order valence-corrected chi connectivity index (χ2v) is 34.1. The molecule has 0 aliphatic carbocycles. The van der Waals surface area contributed by atoms with E-state index in [0.717, 1.165) is 77.4 Å². The topological polar surface area (TPSA) is 530 Å². The number of fused-ring (bicyclic) bond motifs is 15. The number of benzene rings is 7. The zero-order chi connectivity index (χ0) is 86.8. The van der Waals surface area contributed by atoms with Gasteiger partial charge in [-0.15, -0.1) is 0 Å². The van der Waals surface area contributed by atoms with E-state index in [9.17, 15) is 74.7 Å². The van der Waals surface area contributed by atoms with Crippen molar-refractivity contribution in [3.8, 4) is 68.2 Å². The lowest BCUT2D eigenvalue weighted by molar-refractivity contribution is -0.339. The smallest absolute Gasteiger partial charge is 0.344 e. The number of aliphatic hydroxyl groups excluding tert-OH is 6. The van der Waals surface area contributed by atoms with Gasteiger partial charge in [0.1, 0.15) is 89.7 Å². The molecule has 7 aromatic rings. The van der Waals surface area contributed by atoms with Crippen molar-refractivity contribution in [3.05, 3.63) is 176 Å². The van der Waals surface area contributed by atoms with Crippen LogP contribution in [-0.4, -0.2) is 190 Å². The Morgan fingerprint density at radius 1 is 0.700 bits per heavy atom. The quantitative estimate of drug-likeness (QED) is 0.0384. The molecule has 37 heteroatoms. The predicted molar refractivity (Wildman–Crippen MR) is 430 cm³/mol. The first-order chi connectivity index (χ1) is 56.8. The van der Waals surface area contributed by atoms with Gasteiger partial charge in [0.2, 0.25) is 47.5 Å². The number of amides is 6. The Morgan fingerprint density at radius 2 is 1.32 bits per heavy atom. The Labute approximate surface area is 701 Å². The molecular weight excluding hydrogens is 1650 g/mol. The summed E-state index contributed by atoms with van der Waals surface area (Å²) in [6, 6.07) is 19.4. The second kappa shape index (κ2) is 37.2. The number of aliphatic hydroxyl groups is 6. The molecule has 120 heavy (non-hydrogen) atoms. The van der Waals surface area contributed by atoms with Crippen molar-refractivity contribution in [1.82, 2.24) is 31.9 Å². The zero-order valence-electron chi connectivity index (χ0n) is 65.1. The SMILES string of the molecule is CNC(CC(C)C)C(=O)NC1C(=O)CC(CC(N)=O)C(=O)NC2C(=O)CC3C(=O)NC(C(=O)NC(C(=O)NCP(=O)(O)O)c4cc(O)cc(O)c4-c4cc3ccc4O)C(O)c3ccc(c(Cl)c3)Oc3cc2cc(c3O[C@@H]2O[C@H](CO)[C@@H](O)[C@H](O)[C@H]2O[C@H]2C[C@](C)(CCc3ccc(-c4ccc(Cl)cc4)cc3)[C@H](O)[C@H](C)O2)Oc2ccc(cc2Cl)C1O. The molecule has 640 valence electrons. The largest absolute Gasteiger partial charge is 0.508 e. The summed E-state index contributed by atoms with van der Waals surface area (Å²) in [5, 5.41) is 121. The highest BCUT2D eigenvalue weighted by Gasteiger charge is 2.52. The molecule has 0 spiro atoms. The fraction of sp³-hybridized carbons (Fsp3) is 0.398. The summed E-state index contributed by atoms with van der Waals surface area (Å²) in [6.07, 6.45) is -20.9. The molecule has 6 amide bonds. The lowest BCUT2D eigenvalue weighted by atomic mass is 9.72. The predicted octanol–water partition coefficient (Wildman–Crippen LogP) is 6.49. The van der Waals surface area contributed by atoms with Crippen LogP contribution in [0.3, 0.4) is 0 Å². The number of aryl methyl sites for hydroxylation is 1. The van der Waals surface area contributed by atoms with Gasteiger partial charge in [-0.25, -0.2) is 0 Å². The normalized spacial score (nSPS) is 26.9. The number of phenols is 3. The van der Waals surface area contributed by atoms with Crippen LogP contribution in [0.2, 0.25) is 15.1 Å². The van der Waals surface area contributed by atoms with Gasteiger partial charge in [-0.3, -0.25) is 42.9 Å². The molecule has 19 N–H and O–H groups in total. The van der Waals surface area contributed by atoms with Gasteiger partial charge in [0, 0.05) is 53.3 Å². The molecule has 0 radical (unpaired) electrons. The number of hydrogen-bond acceptors (Lipinski definition) is 25. The number of hydrogen-bond donors (Lipinski definition) is 18. The van der Waals surface area contributed by atoms with Crippen molar-refractivity contribution in [2.45, 2.75) is 170 Å². The minimum Gasteiger partial charge on any atom is -0.508 e. The maximum absolute atomic E-state index is 16.4. The van der Waals surface area contributed by atoms with Crippen molar-refractivity contribution in [2.75, 3.05) is 19.9 Å². The van der Waals surface area contributed by atoms with Crippen LogP contribution >= 0.6 is 42.4 Å². The van der Waals surface area contributed by atoms with Crippen LogP contribution in [0.5, 0.6) is 46.0 Å². The number of rotatable bonds is 19. The van der Waals surface area contributed by atoms with Crippen LogP contribution < -0.4 is 51.8 Å². The molecule has 7 aliphatic rings. The third-order valence-corrected chi connectivity index (χ3v) is 23.4. The number of ketones is 2. The minimum atomic E-state index is -5.11. The number of primary amides is 1. The van der Waals surface area contributed by atoms with E-state index in [4.69, 9.17) is 69.0 Å². The maximum Gasteiger partial charge on any atom is 0.344 e. The maximum atomic E-state index is 16.4. The van der Waals surface area contributed by atoms with E-state index in [0.29, 0.717) is 17.9 Å². The monoisotopic (exact) mass is 1740 g/mol. The number of halogens is 3. The van der Waals surface area contributed by atoms with Gasteiger partial charge in [0.25, 0.3) is 0 Å². The third-order valence-electron chi connectivity index (χ3n) is 22.0. The van der Waals surface area contributed by atoms with Crippen molar-refractivity contribution >= 4 is 89.4 Å². The lowest BCUT2D eigenvalue weighted by Crippen LogP contribution is -2.62. The van der Waals surface area contributed by atoms with Gasteiger partial charge in [-0.2, -0.15) is 0 Å². The summed E-state index contributed by atoms with van der Waals surface area (Å²) in [6.45, 7) is 6.11. The molecule has 2 fully saturated rings. The van der Waals surface area contributed by atoms with Gasteiger partial charge in [-0.05, 0) is 150 Å². The average Bonchev–Trinajstić information content (AvgIpc) is 0.750. The first-order valence-electron chi connectivity index (χ1n) is 38.3. The number of carbonyl (C=O) groups excluding carboxylic acids is 8. The number of nitrogens with two attached hydrogens (primary N) is 1. The van der Waals surface area contributed by atoms with Gasteiger partial charge in [-0.1, -0.05) is 110 Å². The third kappa shape index (κ3) is 20.2. The van der Waals surface area contributed by atoms with E-state index in [-0.39, 0.29) is 46.2 Å². The van der Waals surface area contributed by atoms with Crippen LogP contribution in [0.15, 0.2) is 127 Å². The van der Waals surface area contributed by atoms with Crippen molar-refractivity contribution < 1.29 is 127 Å². The van der Waals surface area contributed by atoms with E-state index in [1.807, 2.05) is 62.5 Å². The van der Waals surface area contributed by atoms with Gasteiger partial charge < -0.3 is 122 Å². The van der Waals surface area contributed by atoms with Crippen molar-refractivity contribution in [1.29, 1.82) is 0 Å². The van der Waals surface area contributed by atoms with Crippen LogP contribution in [0.4, 0.5) is 0 Å². The highest BCUT2D eigenvalue weighted by Crippen LogP contribution is 2.51. The zero-order valence-corrected chi connectivity index (χ0v) is 68.2. The molecule has 7 aromatic carbocycles. The Balaban J connectivity index is 1.04. The number of likely N-dealkylation sites (N-methyl/N-ethyl adjacent to an activating group) is 1. The van der Waals surface area contributed by atoms with Crippen molar-refractivity contribution in [3.63, 3.8) is 0 Å². The standard InChI is InChI=1S/C83H91Cl3N7O26P/c1-36(2)22-53(88-5)79(108)92-68-56(98)26-45(29-63(87)100)77(106)90-66-44-27-60(115-58-18-13-42(70(68)101)24-51(58)85)74(119-82-75(73(104)72(103)62(34-94)117-82)118-64-33-83(4,76(105)37(3)114-64)21-20-38-6-8-39(9-7-38)40-10-15-46(84)16-11-40)61(28-44)116-59-19-14-43(25-52(59)86)71(102)69-81(110)91-67(80(109)89-35-120(111,112)113)50-30-47(95)31-55(97)65(50)49-23-41(12-17-54(49)96)48(32-57(66)99)78(107)93-69/h6-19,23-25,27-28,30-31,36-37,45,48,53,62,64,66-73,75-76,82,88,94-97,101-105H,20-22,26,29,32-35H2,1-5H3,(H2,87,100)(H,89,109)(H,90,106)(H,91,110)(H,92,108)(H,93,107)(H2,111,112,113)/t37-,45?,48?,53?,62+,64-,66?,67?,68?,69?,70?,71?,72+,73-,75+,76+,82-,83-/m0/s1. The van der Waals surface area contributed by atoms with E-state index in [1.54, 1.807) is 19.1 Å². The average molecular weight is 1740 g/mol. The van der Waals surface area contributed by atoms with E-state index in [1.165, 1.54) is 25.2 Å². The fourth-order valence-electron chi connectivity index (χ4n) is 15.5. The first kappa shape index (κ1) is 89.4. The Bertz CT molecular complexity index is 5120. The summed E-state index contributed by atoms with van der Waals surface area (Å²) in [5.41, 5.74) is 4.90. The summed E-state index contributed by atoms with van der Waals surface area (Å²) in [4.78, 5) is 140. The Morgan fingerprint density at radius 3 is 1.93 bits per heavy atom. The number of Topliss-reactive ketones (excluding diaryl/α,β-unsaturated/α-hetero) is 2. The van der Waals surface area contributed by atoms with E-state index >= 15 is 24.0 Å². The highest BCUT2D eigenvalue weighted by atomic mass is 35.5. The van der Waals surface area contributed by atoms with Crippen LogP contribution in [0.25, 0.3) is 22.3 Å². The first-order valence-corrected chi connectivity index (χ1v) is 41.3. The van der Waals surface area contributed by atoms with E-state index < -0.39 is 263 Å². The van der Waals surface area contributed by atoms with Gasteiger partial charge in [0.05, 0.1) is 46.7 Å². The number of phenolic OH excluding ortho intramolecular Hbond substituents is 3.